The van der Waals surface area contributed by atoms with Crippen molar-refractivity contribution in [1.29, 1.82) is 0 Å². The number of benzene rings is 1. The molecule has 0 spiro atoms. The van der Waals surface area contributed by atoms with E-state index in [4.69, 9.17) is 16.2 Å². The largest absolute Gasteiger partial charge is 0.425 e. The Morgan fingerprint density at radius 3 is 2.47 bits per heavy atom. The second kappa shape index (κ2) is 4.99. The van der Waals surface area contributed by atoms with Gasteiger partial charge in [-0.1, -0.05) is 18.2 Å². The van der Waals surface area contributed by atoms with Gasteiger partial charge in [-0.05, 0) is 19.1 Å². The fourth-order valence-electron chi connectivity index (χ4n) is 0.966. The highest BCUT2D eigenvalue weighted by atomic mass is 16.5. The van der Waals surface area contributed by atoms with Crippen molar-refractivity contribution in [3.05, 3.63) is 30.3 Å². The van der Waals surface area contributed by atoms with Gasteiger partial charge >= 0.3 is 5.97 Å². The molecule has 1 aromatic carbocycles. The molecule has 1 aromatic rings. The number of rotatable bonds is 3. The summed E-state index contributed by atoms with van der Waals surface area (Å²) in [4.78, 5) is 15.1. The molecule has 0 heterocycles. The van der Waals surface area contributed by atoms with E-state index < -0.39 is 12.0 Å². The number of guanidine groups is 1. The van der Waals surface area contributed by atoms with Crippen molar-refractivity contribution >= 4 is 11.9 Å². The summed E-state index contributed by atoms with van der Waals surface area (Å²) in [5.74, 6) is -0.151. The van der Waals surface area contributed by atoms with Gasteiger partial charge in [0.15, 0.2) is 5.96 Å². The van der Waals surface area contributed by atoms with Gasteiger partial charge in [-0.25, -0.2) is 9.79 Å². The second-order valence-electron chi connectivity index (χ2n) is 2.96. The van der Waals surface area contributed by atoms with Crippen LogP contribution in [0.2, 0.25) is 0 Å². The molecule has 0 aromatic heterocycles. The van der Waals surface area contributed by atoms with Crippen molar-refractivity contribution in [3.63, 3.8) is 0 Å². The first-order valence-electron chi connectivity index (χ1n) is 4.45. The van der Waals surface area contributed by atoms with Crippen molar-refractivity contribution in [2.75, 3.05) is 0 Å². The molecule has 0 fully saturated rings. The van der Waals surface area contributed by atoms with Crippen LogP contribution in [-0.2, 0) is 4.79 Å². The number of para-hydroxylation sites is 1. The lowest BCUT2D eigenvalue weighted by atomic mass is 10.3. The Morgan fingerprint density at radius 2 is 1.93 bits per heavy atom. The topological polar surface area (TPSA) is 90.7 Å². The Hall–Kier alpha value is -2.04. The van der Waals surface area contributed by atoms with Crippen LogP contribution in [0.25, 0.3) is 0 Å². The first kappa shape index (κ1) is 11.0. The highest BCUT2D eigenvalue weighted by molar-refractivity contribution is 5.83. The molecule has 0 aliphatic carbocycles. The van der Waals surface area contributed by atoms with Crippen LogP contribution >= 0.6 is 0 Å². The third-order valence-electron chi connectivity index (χ3n) is 1.65. The van der Waals surface area contributed by atoms with E-state index in [0.29, 0.717) is 5.75 Å². The average Bonchev–Trinajstić information content (AvgIpc) is 2.18. The number of nitrogens with zero attached hydrogens (tertiary/aromatic N) is 1. The predicted octanol–water partition coefficient (Wildman–Crippen LogP) is 0.254. The van der Waals surface area contributed by atoms with E-state index in [0.717, 1.165) is 0 Å². The van der Waals surface area contributed by atoms with E-state index >= 15 is 0 Å². The average molecular weight is 207 g/mol. The van der Waals surface area contributed by atoms with Crippen LogP contribution in [0.5, 0.6) is 5.75 Å². The lowest BCUT2D eigenvalue weighted by molar-refractivity contribution is -0.135. The lowest BCUT2D eigenvalue weighted by Crippen LogP contribution is -2.29. The molecule has 0 unspecified atom stereocenters. The van der Waals surface area contributed by atoms with E-state index in [1.54, 1.807) is 31.2 Å². The first-order chi connectivity index (χ1) is 7.09. The summed E-state index contributed by atoms with van der Waals surface area (Å²) in [6.07, 6.45) is 0. The molecule has 5 heteroatoms. The molecule has 0 aliphatic heterocycles. The molecule has 80 valence electrons. The van der Waals surface area contributed by atoms with Crippen LogP contribution < -0.4 is 16.2 Å². The quantitative estimate of drug-likeness (QED) is 0.322. The van der Waals surface area contributed by atoms with Gasteiger partial charge in [0.2, 0.25) is 0 Å². The zero-order valence-corrected chi connectivity index (χ0v) is 8.38. The van der Waals surface area contributed by atoms with Crippen molar-refractivity contribution in [1.82, 2.24) is 0 Å². The minimum absolute atomic E-state index is 0.132. The summed E-state index contributed by atoms with van der Waals surface area (Å²) in [6, 6.07) is 8.04. The summed E-state index contributed by atoms with van der Waals surface area (Å²) < 4.78 is 5.02. The predicted molar refractivity (Wildman–Crippen MR) is 57.3 cm³/mol. The van der Waals surface area contributed by atoms with Crippen molar-refractivity contribution in [2.45, 2.75) is 13.0 Å². The molecule has 15 heavy (non-hydrogen) atoms. The zero-order chi connectivity index (χ0) is 11.3. The monoisotopic (exact) mass is 207 g/mol. The third-order valence-corrected chi connectivity index (χ3v) is 1.65. The maximum Gasteiger partial charge on any atom is 0.336 e. The van der Waals surface area contributed by atoms with Crippen LogP contribution in [0.15, 0.2) is 35.3 Å². The van der Waals surface area contributed by atoms with Gasteiger partial charge in [-0.3, -0.25) is 0 Å². The van der Waals surface area contributed by atoms with E-state index in [1.165, 1.54) is 0 Å². The molecular formula is C10H13N3O2. The van der Waals surface area contributed by atoms with E-state index in [9.17, 15) is 4.79 Å². The third kappa shape index (κ3) is 3.68. The Kier molecular flexibility index (Phi) is 3.68. The van der Waals surface area contributed by atoms with Gasteiger partial charge in [-0.15, -0.1) is 0 Å². The zero-order valence-electron chi connectivity index (χ0n) is 8.38. The van der Waals surface area contributed by atoms with Gasteiger partial charge in [-0.2, -0.15) is 0 Å². The Balaban J connectivity index is 2.60. The van der Waals surface area contributed by atoms with Crippen LogP contribution in [-0.4, -0.2) is 18.0 Å². The summed E-state index contributed by atoms with van der Waals surface area (Å²) >= 11 is 0. The summed E-state index contributed by atoms with van der Waals surface area (Å²) in [5, 5.41) is 0. The van der Waals surface area contributed by atoms with Gasteiger partial charge in [0.1, 0.15) is 11.8 Å². The molecule has 1 rings (SSSR count). The lowest BCUT2D eigenvalue weighted by Gasteiger charge is -2.07. The van der Waals surface area contributed by atoms with E-state index in [-0.39, 0.29) is 5.96 Å². The van der Waals surface area contributed by atoms with E-state index in [2.05, 4.69) is 4.99 Å². The van der Waals surface area contributed by atoms with Gasteiger partial charge in [0.05, 0.1) is 0 Å². The second-order valence-corrected chi connectivity index (χ2v) is 2.96. The van der Waals surface area contributed by atoms with Crippen LogP contribution in [0.3, 0.4) is 0 Å². The molecule has 0 radical (unpaired) electrons. The van der Waals surface area contributed by atoms with E-state index in [1.807, 2.05) is 6.07 Å². The Labute approximate surface area is 87.7 Å². The standard InChI is InChI=1S/C10H13N3O2/c1-7(13-10(11)12)9(14)15-8-5-3-2-4-6-8/h2-7H,1H3,(H4,11,12,13)/t7-/m1/s1. The molecule has 0 saturated carbocycles. The SMILES string of the molecule is C[C@@H](N=C(N)N)C(=O)Oc1ccccc1. The molecule has 0 saturated heterocycles. The number of carbonyl (C=O) groups is 1. The van der Waals surface area contributed by atoms with Gasteiger partial charge < -0.3 is 16.2 Å². The number of hydrogen-bond donors (Lipinski definition) is 2. The fraction of sp³-hybridized carbons (Fsp3) is 0.200. The fourth-order valence-corrected chi connectivity index (χ4v) is 0.966. The van der Waals surface area contributed by atoms with Crippen molar-refractivity contribution in [3.8, 4) is 5.75 Å². The molecule has 0 bridgehead atoms. The van der Waals surface area contributed by atoms with Crippen LogP contribution in [0, 0.1) is 0 Å². The number of aliphatic imine (C=N–C) groups is 1. The van der Waals surface area contributed by atoms with Gasteiger partial charge in [0, 0.05) is 0 Å². The smallest absolute Gasteiger partial charge is 0.336 e. The minimum atomic E-state index is -0.699. The number of ether oxygens (including phenoxy) is 1. The number of carbonyl (C=O) groups excluding carboxylic acids is 1. The van der Waals surface area contributed by atoms with Crippen molar-refractivity contribution in [2.24, 2.45) is 16.5 Å². The Morgan fingerprint density at radius 1 is 1.33 bits per heavy atom. The highest BCUT2D eigenvalue weighted by Crippen LogP contribution is 2.09. The molecule has 0 amide bonds. The summed E-state index contributed by atoms with van der Waals surface area (Å²) in [6.45, 7) is 1.56. The number of esters is 1. The molecule has 5 nitrogen and oxygen atoms in total. The van der Waals surface area contributed by atoms with Gasteiger partial charge in [0.25, 0.3) is 0 Å². The molecule has 4 N–H and O–H groups in total. The molecule has 0 aliphatic rings. The maximum atomic E-state index is 11.4. The summed E-state index contributed by atoms with van der Waals surface area (Å²) in [7, 11) is 0. The summed E-state index contributed by atoms with van der Waals surface area (Å²) in [5.41, 5.74) is 10.3. The molecule has 1 atom stereocenters. The number of hydrogen-bond acceptors (Lipinski definition) is 3. The first-order valence-corrected chi connectivity index (χ1v) is 4.45. The maximum absolute atomic E-state index is 11.4. The van der Waals surface area contributed by atoms with Crippen molar-refractivity contribution < 1.29 is 9.53 Å². The highest BCUT2D eigenvalue weighted by Gasteiger charge is 2.13. The minimum Gasteiger partial charge on any atom is -0.425 e. The van der Waals surface area contributed by atoms with Crippen LogP contribution in [0.4, 0.5) is 0 Å². The molecular weight excluding hydrogens is 194 g/mol. The Bertz CT molecular complexity index is 358. The normalized spacial score (nSPS) is 11.5. The van der Waals surface area contributed by atoms with Crippen LogP contribution in [0.1, 0.15) is 6.92 Å². The number of nitrogens with two attached hydrogens (primary N) is 2.